The predicted molar refractivity (Wildman–Crippen MR) is 51.0 cm³/mol. The van der Waals surface area contributed by atoms with E-state index < -0.39 is 11.7 Å². The summed E-state index contributed by atoms with van der Waals surface area (Å²) >= 11 is 0. The first-order valence-corrected chi connectivity index (χ1v) is 4.33. The standard InChI is InChI=1S/C10H14FNO2/c1-10(14,6-12)9(13)7-2-4-8(11)5-3-7/h2-5,9,13-14H,6,12H2,1H3. The van der Waals surface area contributed by atoms with Crippen LogP contribution in [0.1, 0.15) is 18.6 Å². The first-order valence-electron chi connectivity index (χ1n) is 4.33. The van der Waals surface area contributed by atoms with E-state index in [0.29, 0.717) is 5.56 Å². The first kappa shape index (κ1) is 11.1. The summed E-state index contributed by atoms with van der Waals surface area (Å²) < 4.78 is 12.6. The van der Waals surface area contributed by atoms with Crippen LogP contribution < -0.4 is 5.73 Å². The van der Waals surface area contributed by atoms with Gasteiger partial charge in [0.05, 0.1) is 0 Å². The second kappa shape index (κ2) is 4.04. The molecule has 0 amide bonds. The Kier molecular flexibility index (Phi) is 3.21. The normalized spacial score (nSPS) is 17.5. The highest BCUT2D eigenvalue weighted by Crippen LogP contribution is 2.24. The predicted octanol–water partition coefficient (Wildman–Crippen LogP) is 0.569. The van der Waals surface area contributed by atoms with E-state index in [1.165, 1.54) is 31.2 Å². The molecular formula is C10H14FNO2. The van der Waals surface area contributed by atoms with E-state index in [1.807, 2.05) is 0 Å². The Hall–Kier alpha value is -0.970. The SMILES string of the molecule is CC(O)(CN)C(O)c1ccc(F)cc1. The molecule has 0 aliphatic carbocycles. The van der Waals surface area contributed by atoms with Gasteiger partial charge in [0, 0.05) is 6.54 Å². The monoisotopic (exact) mass is 199 g/mol. The lowest BCUT2D eigenvalue weighted by atomic mass is 9.93. The van der Waals surface area contributed by atoms with E-state index in [0.717, 1.165) is 0 Å². The van der Waals surface area contributed by atoms with Crippen molar-refractivity contribution in [1.82, 2.24) is 0 Å². The Balaban J connectivity index is 2.89. The van der Waals surface area contributed by atoms with Crippen molar-refractivity contribution in [3.8, 4) is 0 Å². The Morgan fingerprint density at radius 1 is 1.43 bits per heavy atom. The Morgan fingerprint density at radius 3 is 2.36 bits per heavy atom. The van der Waals surface area contributed by atoms with Crippen molar-refractivity contribution in [1.29, 1.82) is 0 Å². The molecule has 78 valence electrons. The highest BCUT2D eigenvalue weighted by Gasteiger charge is 2.29. The van der Waals surface area contributed by atoms with Gasteiger partial charge in [0.1, 0.15) is 17.5 Å². The van der Waals surface area contributed by atoms with Gasteiger partial charge < -0.3 is 15.9 Å². The molecule has 0 aliphatic rings. The van der Waals surface area contributed by atoms with Gasteiger partial charge in [-0.15, -0.1) is 0 Å². The topological polar surface area (TPSA) is 66.5 Å². The van der Waals surface area contributed by atoms with E-state index in [2.05, 4.69) is 0 Å². The molecule has 1 aromatic rings. The lowest BCUT2D eigenvalue weighted by Gasteiger charge is -2.27. The fourth-order valence-electron chi connectivity index (χ4n) is 1.12. The lowest BCUT2D eigenvalue weighted by molar-refractivity contribution is -0.0565. The number of rotatable bonds is 3. The summed E-state index contributed by atoms with van der Waals surface area (Å²) in [5.41, 5.74) is 4.35. The smallest absolute Gasteiger partial charge is 0.123 e. The van der Waals surface area contributed by atoms with Crippen LogP contribution in [0.4, 0.5) is 4.39 Å². The molecule has 0 saturated carbocycles. The lowest BCUT2D eigenvalue weighted by Crippen LogP contribution is -2.40. The van der Waals surface area contributed by atoms with Crippen LogP contribution in [0, 0.1) is 5.82 Å². The van der Waals surface area contributed by atoms with Gasteiger partial charge in [-0.1, -0.05) is 12.1 Å². The summed E-state index contributed by atoms with van der Waals surface area (Å²) in [6.07, 6.45) is -1.10. The third-order valence-electron chi connectivity index (χ3n) is 2.19. The molecule has 1 aromatic carbocycles. The number of aliphatic hydroxyl groups excluding tert-OH is 1. The fraction of sp³-hybridized carbons (Fsp3) is 0.400. The molecule has 2 unspecified atom stereocenters. The highest BCUT2D eigenvalue weighted by atomic mass is 19.1. The molecule has 1 rings (SSSR count). The fourth-order valence-corrected chi connectivity index (χ4v) is 1.12. The van der Waals surface area contributed by atoms with Crippen molar-refractivity contribution in [2.75, 3.05) is 6.54 Å². The summed E-state index contributed by atoms with van der Waals surface area (Å²) in [5.74, 6) is -0.381. The van der Waals surface area contributed by atoms with Gasteiger partial charge >= 0.3 is 0 Å². The van der Waals surface area contributed by atoms with Gasteiger partial charge in [0.2, 0.25) is 0 Å². The molecule has 0 heterocycles. The van der Waals surface area contributed by atoms with Gasteiger partial charge in [0.15, 0.2) is 0 Å². The molecule has 0 saturated heterocycles. The van der Waals surface area contributed by atoms with E-state index in [-0.39, 0.29) is 12.4 Å². The van der Waals surface area contributed by atoms with Crippen LogP contribution in [-0.4, -0.2) is 22.4 Å². The molecule has 0 aliphatic heterocycles. The number of benzene rings is 1. The molecule has 2 atom stereocenters. The Morgan fingerprint density at radius 2 is 1.93 bits per heavy atom. The van der Waals surface area contributed by atoms with E-state index >= 15 is 0 Å². The zero-order valence-electron chi connectivity index (χ0n) is 7.94. The van der Waals surface area contributed by atoms with Crippen molar-refractivity contribution in [2.45, 2.75) is 18.6 Å². The van der Waals surface area contributed by atoms with Crippen molar-refractivity contribution < 1.29 is 14.6 Å². The molecule has 0 aromatic heterocycles. The maximum atomic E-state index is 12.6. The summed E-state index contributed by atoms with van der Waals surface area (Å²) in [6, 6.07) is 5.30. The molecular weight excluding hydrogens is 185 g/mol. The molecule has 4 N–H and O–H groups in total. The van der Waals surface area contributed by atoms with E-state index in [1.54, 1.807) is 0 Å². The minimum absolute atomic E-state index is 0.0639. The molecule has 4 heteroatoms. The first-order chi connectivity index (χ1) is 6.47. The maximum absolute atomic E-state index is 12.6. The minimum atomic E-state index is -1.39. The molecule has 0 spiro atoms. The number of hydrogen-bond donors (Lipinski definition) is 3. The molecule has 14 heavy (non-hydrogen) atoms. The number of aliphatic hydroxyl groups is 2. The maximum Gasteiger partial charge on any atom is 0.123 e. The van der Waals surface area contributed by atoms with Gasteiger partial charge in [0.25, 0.3) is 0 Å². The zero-order valence-corrected chi connectivity index (χ0v) is 7.94. The van der Waals surface area contributed by atoms with Crippen LogP contribution in [0.2, 0.25) is 0 Å². The van der Waals surface area contributed by atoms with Crippen LogP contribution >= 0.6 is 0 Å². The molecule has 0 radical (unpaired) electrons. The van der Waals surface area contributed by atoms with Crippen LogP contribution in [0.15, 0.2) is 24.3 Å². The van der Waals surface area contributed by atoms with Crippen molar-refractivity contribution in [3.63, 3.8) is 0 Å². The number of nitrogens with two attached hydrogens (primary N) is 1. The highest BCUT2D eigenvalue weighted by molar-refractivity contribution is 5.21. The quantitative estimate of drug-likeness (QED) is 0.666. The summed E-state index contributed by atoms with van der Waals surface area (Å²) in [7, 11) is 0. The summed E-state index contributed by atoms with van der Waals surface area (Å²) in [4.78, 5) is 0. The second-order valence-electron chi connectivity index (χ2n) is 3.52. The zero-order chi connectivity index (χ0) is 10.8. The Bertz CT molecular complexity index is 297. The van der Waals surface area contributed by atoms with Crippen molar-refractivity contribution in [3.05, 3.63) is 35.6 Å². The van der Waals surface area contributed by atoms with Crippen LogP contribution in [0.5, 0.6) is 0 Å². The number of halogens is 1. The largest absolute Gasteiger partial charge is 0.386 e. The molecule has 3 nitrogen and oxygen atoms in total. The van der Waals surface area contributed by atoms with Crippen LogP contribution in [0.25, 0.3) is 0 Å². The average molecular weight is 199 g/mol. The van der Waals surface area contributed by atoms with E-state index in [9.17, 15) is 14.6 Å². The van der Waals surface area contributed by atoms with Gasteiger partial charge in [-0.05, 0) is 24.6 Å². The summed E-state index contributed by atoms with van der Waals surface area (Å²) in [5, 5.41) is 19.3. The number of hydrogen-bond acceptors (Lipinski definition) is 3. The average Bonchev–Trinajstić information content (AvgIpc) is 2.18. The second-order valence-corrected chi connectivity index (χ2v) is 3.52. The van der Waals surface area contributed by atoms with Crippen LogP contribution in [0.3, 0.4) is 0 Å². The third-order valence-corrected chi connectivity index (χ3v) is 2.19. The van der Waals surface area contributed by atoms with Crippen LogP contribution in [-0.2, 0) is 0 Å². The van der Waals surface area contributed by atoms with Gasteiger partial charge in [-0.2, -0.15) is 0 Å². The van der Waals surface area contributed by atoms with Crippen molar-refractivity contribution >= 4 is 0 Å². The third kappa shape index (κ3) is 2.29. The molecule has 0 bridgehead atoms. The molecule has 0 fully saturated rings. The summed E-state index contributed by atoms with van der Waals surface area (Å²) in [6.45, 7) is 1.37. The minimum Gasteiger partial charge on any atom is -0.386 e. The van der Waals surface area contributed by atoms with Crippen molar-refractivity contribution in [2.24, 2.45) is 5.73 Å². The van der Waals surface area contributed by atoms with Gasteiger partial charge in [-0.3, -0.25) is 0 Å². The Labute approximate surface area is 82.0 Å². The van der Waals surface area contributed by atoms with Gasteiger partial charge in [-0.25, -0.2) is 4.39 Å². The van der Waals surface area contributed by atoms with E-state index in [4.69, 9.17) is 5.73 Å².